The van der Waals surface area contributed by atoms with Crippen molar-refractivity contribution in [1.82, 2.24) is 20.2 Å². The fourth-order valence-corrected chi connectivity index (χ4v) is 3.73. The van der Waals surface area contributed by atoms with Crippen LogP contribution < -0.4 is 5.43 Å². The monoisotopic (exact) mass is 402 g/mol. The molecule has 0 aliphatic carbocycles. The van der Waals surface area contributed by atoms with Gasteiger partial charge >= 0.3 is 12.1 Å². The molecule has 2 heterocycles. The molecule has 0 spiro atoms. The van der Waals surface area contributed by atoms with Crippen LogP contribution in [0.25, 0.3) is 0 Å². The van der Waals surface area contributed by atoms with Crippen LogP contribution >= 0.6 is 0 Å². The van der Waals surface area contributed by atoms with Crippen LogP contribution in [-0.2, 0) is 16.1 Å². The molecule has 4 amide bonds. The Morgan fingerprint density at radius 3 is 2.38 bits per heavy atom. The highest BCUT2D eigenvalue weighted by Gasteiger charge is 2.38. The molecular weight excluding hydrogens is 372 g/mol. The number of hydrazine groups is 1. The second-order valence-corrected chi connectivity index (χ2v) is 8.56. The summed E-state index contributed by atoms with van der Waals surface area (Å²) < 4.78 is 5.17. The van der Waals surface area contributed by atoms with Gasteiger partial charge in [-0.1, -0.05) is 30.3 Å². The highest BCUT2D eigenvalue weighted by molar-refractivity contribution is 5.98. The molecule has 2 saturated heterocycles. The molecule has 2 aliphatic heterocycles. The quantitative estimate of drug-likeness (QED) is 0.837. The van der Waals surface area contributed by atoms with Crippen molar-refractivity contribution in [3.8, 4) is 0 Å². The summed E-state index contributed by atoms with van der Waals surface area (Å²) in [6, 6.07) is 9.91. The van der Waals surface area contributed by atoms with Crippen LogP contribution in [0, 0.1) is 0 Å². The Labute approximate surface area is 171 Å². The molecule has 0 aromatic heterocycles. The summed E-state index contributed by atoms with van der Waals surface area (Å²) >= 11 is 0. The molecule has 0 bridgehead atoms. The number of imide groups is 1. The molecule has 158 valence electrons. The minimum absolute atomic E-state index is 0.0607. The van der Waals surface area contributed by atoms with Gasteiger partial charge < -0.3 is 9.64 Å². The summed E-state index contributed by atoms with van der Waals surface area (Å²) in [6.45, 7) is 8.22. The van der Waals surface area contributed by atoms with Crippen molar-refractivity contribution in [1.29, 1.82) is 0 Å². The van der Waals surface area contributed by atoms with Gasteiger partial charge in [0.15, 0.2) is 0 Å². The summed E-state index contributed by atoms with van der Waals surface area (Å²) in [5.41, 5.74) is 2.87. The van der Waals surface area contributed by atoms with Gasteiger partial charge in [-0.05, 0) is 39.2 Å². The molecule has 8 nitrogen and oxygen atoms in total. The van der Waals surface area contributed by atoms with Gasteiger partial charge in [-0.15, -0.1) is 0 Å². The van der Waals surface area contributed by atoms with Crippen molar-refractivity contribution >= 4 is 18.0 Å². The van der Waals surface area contributed by atoms with E-state index in [1.165, 1.54) is 5.56 Å². The number of likely N-dealkylation sites (tertiary alicyclic amines) is 1. The van der Waals surface area contributed by atoms with Crippen LogP contribution in [0.2, 0.25) is 0 Å². The van der Waals surface area contributed by atoms with Crippen LogP contribution in [-0.4, -0.2) is 64.1 Å². The Hall–Kier alpha value is -2.61. The minimum Gasteiger partial charge on any atom is -0.443 e. The number of carbonyl (C=O) groups excluding carboxylic acids is 3. The van der Waals surface area contributed by atoms with E-state index in [0.29, 0.717) is 6.54 Å². The van der Waals surface area contributed by atoms with E-state index in [-0.39, 0.29) is 12.5 Å². The molecule has 0 atom stereocenters. The Balaban J connectivity index is 1.55. The Kier molecular flexibility index (Phi) is 6.42. The van der Waals surface area contributed by atoms with Gasteiger partial charge in [0.25, 0.3) is 5.91 Å². The van der Waals surface area contributed by atoms with Crippen molar-refractivity contribution in [3.63, 3.8) is 0 Å². The fraction of sp³-hybridized carbons (Fsp3) is 0.571. The zero-order valence-corrected chi connectivity index (χ0v) is 17.4. The summed E-state index contributed by atoms with van der Waals surface area (Å²) in [4.78, 5) is 41.1. The minimum atomic E-state index is -0.807. The van der Waals surface area contributed by atoms with Crippen molar-refractivity contribution in [2.45, 2.75) is 58.2 Å². The molecular formula is C21H30N4O4. The van der Waals surface area contributed by atoms with Gasteiger partial charge in [0.1, 0.15) is 5.60 Å². The number of rotatable bonds is 4. The Bertz CT molecular complexity index is 739. The van der Waals surface area contributed by atoms with E-state index >= 15 is 0 Å². The molecule has 29 heavy (non-hydrogen) atoms. The zero-order valence-electron chi connectivity index (χ0n) is 17.4. The number of carbonyl (C=O) groups is 3. The zero-order chi connectivity index (χ0) is 21.0. The van der Waals surface area contributed by atoms with Crippen LogP contribution in [0.1, 0.15) is 45.6 Å². The van der Waals surface area contributed by atoms with Gasteiger partial charge in [-0.25, -0.2) is 15.0 Å². The van der Waals surface area contributed by atoms with Crippen LogP contribution in [0.4, 0.5) is 9.59 Å². The molecule has 3 rings (SSSR count). The highest BCUT2D eigenvalue weighted by Crippen LogP contribution is 2.22. The van der Waals surface area contributed by atoms with Crippen molar-refractivity contribution in [2.75, 3.05) is 19.6 Å². The van der Waals surface area contributed by atoms with Crippen LogP contribution in [0.15, 0.2) is 30.3 Å². The van der Waals surface area contributed by atoms with E-state index in [1.54, 1.807) is 25.7 Å². The number of urea groups is 1. The molecule has 8 heteroatoms. The lowest BCUT2D eigenvalue weighted by atomic mass is 10.0. The summed E-state index contributed by atoms with van der Waals surface area (Å²) in [5.74, 6) is -0.418. The summed E-state index contributed by atoms with van der Waals surface area (Å²) in [5, 5.41) is 0.800. The number of nitrogens with one attached hydrogen (secondary N) is 1. The molecule has 0 saturated carbocycles. The van der Waals surface area contributed by atoms with Crippen LogP contribution in [0.3, 0.4) is 0 Å². The molecule has 1 aromatic rings. The van der Waals surface area contributed by atoms with Gasteiger partial charge in [-0.2, -0.15) is 5.01 Å². The van der Waals surface area contributed by atoms with Crippen molar-refractivity contribution in [3.05, 3.63) is 35.9 Å². The second-order valence-electron chi connectivity index (χ2n) is 8.56. The lowest BCUT2D eigenvalue weighted by Gasteiger charge is -2.42. The fourth-order valence-electron chi connectivity index (χ4n) is 3.73. The van der Waals surface area contributed by atoms with Gasteiger partial charge in [0.05, 0.1) is 0 Å². The highest BCUT2D eigenvalue weighted by atomic mass is 16.6. The lowest BCUT2D eigenvalue weighted by molar-refractivity contribution is -0.134. The number of piperidine rings is 1. The average Bonchev–Trinajstić information content (AvgIpc) is 2.65. The second kappa shape index (κ2) is 8.82. The largest absolute Gasteiger partial charge is 0.443 e. The van der Waals surface area contributed by atoms with E-state index in [4.69, 9.17) is 4.74 Å². The first-order valence-corrected chi connectivity index (χ1v) is 10.1. The maximum atomic E-state index is 12.9. The van der Waals surface area contributed by atoms with Crippen molar-refractivity contribution < 1.29 is 19.1 Å². The number of benzene rings is 1. The van der Waals surface area contributed by atoms with Crippen molar-refractivity contribution in [2.24, 2.45) is 0 Å². The van der Waals surface area contributed by atoms with E-state index < -0.39 is 23.6 Å². The predicted octanol–water partition coefficient (Wildman–Crippen LogP) is 2.75. The maximum Gasteiger partial charge on any atom is 0.427 e. The van der Waals surface area contributed by atoms with Gasteiger partial charge in [-0.3, -0.25) is 9.69 Å². The standard InChI is InChI=1S/C21H30N4O4/c1-21(2,3)29-19(27)22-25-18(26)11-14-24(20(25)28)17-9-12-23(13-10-17)15-16-7-5-4-6-8-16/h4-8,17H,9-15H2,1-3H3,(H,22,27). The molecule has 1 aromatic carbocycles. The topological polar surface area (TPSA) is 82.2 Å². The van der Waals surface area contributed by atoms with E-state index in [2.05, 4.69) is 22.5 Å². The molecule has 1 N–H and O–H groups in total. The first-order valence-electron chi connectivity index (χ1n) is 10.1. The number of ether oxygens (including phenoxy) is 1. The lowest BCUT2D eigenvalue weighted by Crippen LogP contribution is -2.62. The average molecular weight is 402 g/mol. The SMILES string of the molecule is CC(C)(C)OC(=O)NN1C(=O)CCN(C2CCN(Cc3ccccc3)CC2)C1=O. The van der Waals surface area contributed by atoms with E-state index in [1.807, 2.05) is 18.2 Å². The third-order valence-corrected chi connectivity index (χ3v) is 5.10. The van der Waals surface area contributed by atoms with E-state index in [0.717, 1.165) is 37.5 Å². The molecule has 0 radical (unpaired) electrons. The summed E-state index contributed by atoms with van der Waals surface area (Å²) in [7, 11) is 0. The molecule has 2 aliphatic rings. The van der Waals surface area contributed by atoms with Gasteiger partial charge in [0, 0.05) is 38.6 Å². The predicted molar refractivity (Wildman–Crippen MR) is 108 cm³/mol. The Morgan fingerprint density at radius 1 is 1.10 bits per heavy atom. The normalized spacial score (nSPS) is 19.4. The maximum absolute atomic E-state index is 12.9. The molecule has 0 unspecified atom stereocenters. The third-order valence-electron chi connectivity index (χ3n) is 5.10. The first kappa shape index (κ1) is 21.1. The number of hydrogen-bond donors (Lipinski definition) is 1. The smallest absolute Gasteiger partial charge is 0.427 e. The van der Waals surface area contributed by atoms with Crippen LogP contribution in [0.5, 0.6) is 0 Å². The van der Waals surface area contributed by atoms with Gasteiger partial charge in [0.2, 0.25) is 0 Å². The molecule has 2 fully saturated rings. The number of nitrogens with zero attached hydrogens (tertiary/aromatic N) is 3. The first-order chi connectivity index (χ1) is 13.7. The third kappa shape index (κ3) is 5.69. The van der Waals surface area contributed by atoms with E-state index in [9.17, 15) is 14.4 Å². The Morgan fingerprint density at radius 2 is 1.76 bits per heavy atom. The number of amides is 4. The summed E-state index contributed by atoms with van der Waals surface area (Å²) in [6.07, 6.45) is 1.06. The number of hydrogen-bond acceptors (Lipinski definition) is 5.